The summed E-state index contributed by atoms with van der Waals surface area (Å²) in [4.78, 5) is 27.9. The third-order valence-electron chi connectivity index (χ3n) is 5.12. The molecule has 128 valence electrons. The van der Waals surface area contributed by atoms with Crippen molar-refractivity contribution in [3.63, 3.8) is 0 Å². The summed E-state index contributed by atoms with van der Waals surface area (Å²) in [6, 6.07) is 11.8. The lowest BCUT2D eigenvalue weighted by atomic mass is 9.75. The number of H-pyrrole nitrogens is 1. The van der Waals surface area contributed by atoms with Gasteiger partial charge in [0.1, 0.15) is 5.82 Å². The average Bonchev–Trinajstić information content (AvgIpc) is 2.51. The molecular formula is C18H24N4O2. The van der Waals surface area contributed by atoms with Crippen LogP contribution < -0.4 is 16.6 Å². The molecule has 1 saturated carbocycles. The van der Waals surface area contributed by atoms with E-state index in [-0.39, 0.29) is 11.1 Å². The molecule has 1 aliphatic carbocycles. The third kappa shape index (κ3) is 3.28. The van der Waals surface area contributed by atoms with Crippen LogP contribution in [-0.4, -0.2) is 33.6 Å². The van der Waals surface area contributed by atoms with Gasteiger partial charge in [-0.05, 0) is 31.9 Å². The zero-order chi connectivity index (χ0) is 17.2. The Hall–Kier alpha value is -2.34. The van der Waals surface area contributed by atoms with Gasteiger partial charge in [0.05, 0.1) is 0 Å². The maximum Gasteiger partial charge on any atom is 0.329 e. The fraction of sp³-hybridized carbons (Fsp3) is 0.444. The minimum atomic E-state index is -0.398. The minimum absolute atomic E-state index is 0.0640. The third-order valence-corrected chi connectivity index (χ3v) is 5.12. The van der Waals surface area contributed by atoms with Crippen LogP contribution >= 0.6 is 0 Å². The molecule has 0 bridgehead atoms. The molecule has 0 unspecified atom stereocenters. The van der Waals surface area contributed by atoms with Crippen molar-refractivity contribution in [1.82, 2.24) is 14.5 Å². The highest BCUT2D eigenvalue weighted by Crippen LogP contribution is 2.37. The minimum Gasteiger partial charge on any atom is -0.369 e. The molecule has 2 N–H and O–H groups in total. The Morgan fingerprint density at radius 2 is 1.96 bits per heavy atom. The first-order valence-corrected chi connectivity index (χ1v) is 8.30. The summed E-state index contributed by atoms with van der Waals surface area (Å²) in [6.07, 6.45) is 3.43. The van der Waals surface area contributed by atoms with Gasteiger partial charge in [-0.3, -0.25) is 19.2 Å². The first kappa shape index (κ1) is 16.5. The molecule has 1 aromatic heterocycles. The van der Waals surface area contributed by atoms with Crippen molar-refractivity contribution < 1.29 is 0 Å². The second-order valence-electron chi connectivity index (χ2n) is 6.66. The molecule has 0 atom stereocenters. The zero-order valence-electron chi connectivity index (χ0n) is 14.2. The number of aromatic nitrogens is 2. The van der Waals surface area contributed by atoms with Gasteiger partial charge in [0.2, 0.25) is 0 Å². The number of rotatable bonds is 6. The summed E-state index contributed by atoms with van der Waals surface area (Å²) < 4.78 is 1.44. The lowest BCUT2D eigenvalue weighted by Gasteiger charge is -2.49. The van der Waals surface area contributed by atoms with Crippen molar-refractivity contribution in [2.75, 3.05) is 18.9 Å². The van der Waals surface area contributed by atoms with Crippen molar-refractivity contribution in [1.29, 1.82) is 0 Å². The molecule has 0 saturated heterocycles. The smallest absolute Gasteiger partial charge is 0.329 e. The second kappa shape index (κ2) is 6.65. The summed E-state index contributed by atoms with van der Waals surface area (Å²) >= 11 is 0. The average molecular weight is 328 g/mol. The molecule has 6 heteroatoms. The van der Waals surface area contributed by atoms with Gasteiger partial charge in [-0.25, -0.2) is 4.79 Å². The van der Waals surface area contributed by atoms with Gasteiger partial charge in [0.15, 0.2) is 0 Å². The Morgan fingerprint density at radius 3 is 2.58 bits per heavy atom. The lowest BCUT2D eigenvalue weighted by Crippen LogP contribution is -2.56. The summed E-state index contributed by atoms with van der Waals surface area (Å²) in [7, 11) is 3.80. The fourth-order valence-corrected chi connectivity index (χ4v) is 3.28. The first-order chi connectivity index (χ1) is 11.5. The molecule has 0 spiro atoms. The molecule has 1 heterocycles. The van der Waals surface area contributed by atoms with Crippen LogP contribution in [0.3, 0.4) is 0 Å². The number of benzene rings is 1. The van der Waals surface area contributed by atoms with E-state index in [4.69, 9.17) is 0 Å². The molecule has 1 fully saturated rings. The summed E-state index contributed by atoms with van der Waals surface area (Å²) in [6.45, 7) is 1.60. The monoisotopic (exact) mass is 328 g/mol. The highest BCUT2D eigenvalue weighted by atomic mass is 16.2. The Kier molecular flexibility index (Phi) is 4.57. The van der Waals surface area contributed by atoms with Crippen LogP contribution in [0.25, 0.3) is 0 Å². The molecule has 6 nitrogen and oxygen atoms in total. The van der Waals surface area contributed by atoms with E-state index in [0.29, 0.717) is 12.4 Å². The van der Waals surface area contributed by atoms with Crippen molar-refractivity contribution in [2.24, 2.45) is 7.05 Å². The van der Waals surface area contributed by atoms with Crippen LogP contribution in [0.5, 0.6) is 0 Å². The molecule has 2 aromatic rings. The van der Waals surface area contributed by atoms with E-state index in [1.807, 2.05) is 6.07 Å². The Bertz CT molecular complexity index is 806. The number of aromatic amines is 1. The van der Waals surface area contributed by atoms with Gasteiger partial charge in [0, 0.05) is 31.7 Å². The van der Waals surface area contributed by atoms with E-state index in [2.05, 4.69) is 46.5 Å². The highest BCUT2D eigenvalue weighted by molar-refractivity contribution is 5.34. The van der Waals surface area contributed by atoms with Gasteiger partial charge in [-0.15, -0.1) is 0 Å². The number of nitrogens with one attached hydrogen (secondary N) is 2. The van der Waals surface area contributed by atoms with Gasteiger partial charge >= 0.3 is 5.69 Å². The van der Waals surface area contributed by atoms with Gasteiger partial charge < -0.3 is 5.32 Å². The molecular weight excluding hydrogens is 304 g/mol. The Balaban J connectivity index is 1.72. The standard InChI is InChI=1S/C18H24N4O2/c1-21(12-14-7-4-3-5-8-14)18(9-6-10-18)13-19-15-11-16(23)20-17(24)22(15)2/h3-5,7-8,11,19H,6,9-10,12-13H2,1-2H3,(H,20,23,24). The molecule has 3 rings (SSSR count). The second-order valence-corrected chi connectivity index (χ2v) is 6.66. The van der Waals surface area contributed by atoms with Gasteiger partial charge in [-0.1, -0.05) is 30.3 Å². The van der Waals surface area contributed by atoms with Crippen LogP contribution in [0.2, 0.25) is 0 Å². The number of hydrogen-bond donors (Lipinski definition) is 2. The van der Waals surface area contributed by atoms with E-state index in [1.54, 1.807) is 7.05 Å². The van der Waals surface area contributed by atoms with Crippen molar-refractivity contribution in [3.8, 4) is 0 Å². The van der Waals surface area contributed by atoms with Crippen molar-refractivity contribution in [3.05, 3.63) is 62.8 Å². The highest BCUT2D eigenvalue weighted by Gasteiger charge is 2.40. The Labute approximate surface area is 141 Å². The topological polar surface area (TPSA) is 70.1 Å². The van der Waals surface area contributed by atoms with E-state index in [9.17, 15) is 9.59 Å². The molecule has 0 aliphatic heterocycles. The summed E-state index contributed by atoms with van der Waals surface area (Å²) in [5.41, 5.74) is 0.579. The maximum absolute atomic E-state index is 11.7. The van der Waals surface area contributed by atoms with Gasteiger partial charge in [-0.2, -0.15) is 0 Å². The molecule has 1 aromatic carbocycles. The predicted octanol–water partition coefficient (Wildman–Crippen LogP) is 1.54. The normalized spacial score (nSPS) is 16.0. The molecule has 0 radical (unpaired) electrons. The van der Waals surface area contributed by atoms with Crippen LogP contribution in [0.15, 0.2) is 46.0 Å². The largest absolute Gasteiger partial charge is 0.369 e. The van der Waals surface area contributed by atoms with E-state index < -0.39 is 5.69 Å². The summed E-state index contributed by atoms with van der Waals surface area (Å²) in [5.74, 6) is 0.558. The predicted molar refractivity (Wildman–Crippen MR) is 95.3 cm³/mol. The van der Waals surface area contributed by atoms with E-state index in [0.717, 1.165) is 19.4 Å². The maximum atomic E-state index is 11.7. The number of nitrogens with zero attached hydrogens (tertiary/aromatic N) is 2. The lowest BCUT2D eigenvalue weighted by molar-refractivity contribution is 0.0436. The number of hydrogen-bond acceptors (Lipinski definition) is 4. The fourth-order valence-electron chi connectivity index (χ4n) is 3.28. The SMILES string of the molecule is CN(Cc1ccccc1)C1(CNc2cc(=O)[nH]c(=O)n2C)CCC1. The van der Waals surface area contributed by atoms with E-state index in [1.165, 1.54) is 22.6 Å². The van der Waals surface area contributed by atoms with E-state index >= 15 is 0 Å². The molecule has 24 heavy (non-hydrogen) atoms. The van der Waals surface area contributed by atoms with Crippen LogP contribution in [-0.2, 0) is 13.6 Å². The van der Waals surface area contributed by atoms with Crippen molar-refractivity contribution >= 4 is 5.82 Å². The van der Waals surface area contributed by atoms with Crippen LogP contribution in [0.1, 0.15) is 24.8 Å². The van der Waals surface area contributed by atoms with Crippen molar-refractivity contribution in [2.45, 2.75) is 31.3 Å². The first-order valence-electron chi connectivity index (χ1n) is 8.30. The zero-order valence-corrected chi connectivity index (χ0v) is 14.2. The van der Waals surface area contributed by atoms with Crippen LogP contribution in [0, 0.1) is 0 Å². The van der Waals surface area contributed by atoms with Crippen LogP contribution in [0.4, 0.5) is 5.82 Å². The summed E-state index contributed by atoms with van der Waals surface area (Å²) in [5, 5.41) is 3.31. The molecule has 1 aliphatic rings. The Morgan fingerprint density at radius 1 is 1.25 bits per heavy atom. The number of anilines is 1. The molecule has 0 amide bonds. The quantitative estimate of drug-likeness (QED) is 0.844. The number of likely N-dealkylation sites (N-methyl/N-ethyl adjacent to an activating group) is 1. The van der Waals surface area contributed by atoms with Gasteiger partial charge in [0.25, 0.3) is 5.56 Å².